The van der Waals surface area contributed by atoms with Crippen molar-refractivity contribution >= 4 is 0 Å². The van der Waals surface area contributed by atoms with Gasteiger partial charge in [-0.2, -0.15) is 0 Å². The third kappa shape index (κ3) is 2.73. The maximum atomic E-state index is 8.95. The molecule has 82 valence electrons. The Kier molecular flexibility index (Phi) is 3.48. The van der Waals surface area contributed by atoms with Gasteiger partial charge in [-0.25, -0.2) is 0 Å². The van der Waals surface area contributed by atoms with Crippen LogP contribution in [0.2, 0.25) is 0 Å². The van der Waals surface area contributed by atoms with Gasteiger partial charge in [-0.05, 0) is 42.9 Å². The average Bonchev–Trinajstić information content (AvgIpc) is 3.06. The van der Waals surface area contributed by atoms with Gasteiger partial charge in [0.05, 0.1) is 0 Å². The minimum Gasteiger partial charge on any atom is -0.396 e. The molecule has 1 heteroatoms. The Morgan fingerprint density at radius 3 is 2.36 bits per heavy atom. The van der Waals surface area contributed by atoms with Crippen molar-refractivity contribution in [3.63, 3.8) is 0 Å². The van der Waals surface area contributed by atoms with Crippen LogP contribution >= 0.6 is 0 Å². The molecule has 0 radical (unpaired) electrons. The van der Waals surface area contributed by atoms with E-state index in [4.69, 9.17) is 5.11 Å². The fourth-order valence-corrected chi connectivity index (χ4v) is 2.82. The van der Waals surface area contributed by atoms with Gasteiger partial charge in [-0.1, -0.05) is 32.6 Å². The van der Waals surface area contributed by atoms with Gasteiger partial charge in [-0.15, -0.1) is 0 Å². The molecule has 0 aromatic carbocycles. The van der Waals surface area contributed by atoms with Gasteiger partial charge < -0.3 is 5.11 Å². The van der Waals surface area contributed by atoms with Gasteiger partial charge in [0.25, 0.3) is 0 Å². The summed E-state index contributed by atoms with van der Waals surface area (Å²) in [7, 11) is 0. The lowest BCUT2D eigenvalue weighted by Crippen LogP contribution is -1.91. The Balaban J connectivity index is 1.50. The molecule has 0 bridgehead atoms. The molecule has 0 amide bonds. The normalized spacial score (nSPS) is 39.9. The van der Waals surface area contributed by atoms with Gasteiger partial charge in [0.1, 0.15) is 0 Å². The number of aliphatic hydroxyl groups is 1. The van der Waals surface area contributed by atoms with Crippen LogP contribution in [0.5, 0.6) is 0 Å². The first-order valence-corrected chi connectivity index (χ1v) is 6.46. The molecule has 4 unspecified atom stereocenters. The Bertz CT molecular complexity index is 178. The smallest absolute Gasteiger partial charge is 0.0462 e. The minimum atomic E-state index is 0.442. The van der Waals surface area contributed by atoms with E-state index in [-0.39, 0.29) is 0 Å². The van der Waals surface area contributed by atoms with Crippen molar-refractivity contribution in [3.05, 3.63) is 0 Å². The van der Waals surface area contributed by atoms with Crippen LogP contribution in [0.4, 0.5) is 0 Å². The first-order valence-electron chi connectivity index (χ1n) is 6.46. The highest BCUT2D eigenvalue weighted by Gasteiger charge is 2.44. The maximum absolute atomic E-state index is 8.95. The van der Waals surface area contributed by atoms with Crippen molar-refractivity contribution in [2.24, 2.45) is 23.7 Å². The molecule has 1 nitrogen and oxygen atoms in total. The SMILES string of the molecule is CCCCCC1CC1CC1CC1CO. The second kappa shape index (κ2) is 4.65. The summed E-state index contributed by atoms with van der Waals surface area (Å²) in [5.74, 6) is 3.71. The van der Waals surface area contributed by atoms with Crippen molar-refractivity contribution in [1.29, 1.82) is 0 Å². The maximum Gasteiger partial charge on any atom is 0.0462 e. The highest BCUT2D eigenvalue weighted by Crippen LogP contribution is 2.53. The second-order valence-corrected chi connectivity index (χ2v) is 5.43. The van der Waals surface area contributed by atoms with Crippen LogP contribution in [0.25, 0.3) is 0 Å². The van der Waals surface area contributed by atoms with Gasteiger partial charge in [0.2, 0.25) is 0 Å². The Hall–Kier alpha value is -0.0400. The lowest BCUT2D eigenvalue weighted by Gasteiger charge is -1.99. The topological polar surface area (TPSA) is 20.2 Å². The first kappa shape index (κ1) is 10.5. The molecule has 1 N–H and O–H groups in total. The second-order valence-electron chi connectivity index (χ2n) is 5.43. The van der Waals surface area contributed by atoms with Gasteiger partial charge >= 0.3 is 0 Å². The zero-order valence-electron chi connectivity index (χ0n) is 9.41. The molecule has 2 saturated carbocycles. The van der Waals surface area contributed by atoms with E-state index in [9.17, 15) is 0 Å². The fraction of sp³-hybridized carbons (Fsp3) is 1.00. The summed E-state index contributed by atoms with van der Waals surface area (Å²) >= 11 is 0. The minimum absolute atomic E-state index is 0.442. The molecule has 0 aromatic rings. The zero-order chi connectivity index (χ0) is 9.97. The predicted molar refractivity (Wildman–Crippen MR) is 59.0 cm³/mol. The highest BCUT2D eigenvalue weighted by atomic mass is 16.3. The van der Waals surface area contributed by atoms with E-state index in [2.05, 4.69) is 6.92 Å². The van der Waals surface area contributed by atoms with E-state index in [0.29, 0.717) is 12.5 Å². The molecule has 0 heterocycles. The third-order valence-corrected chi connectivity index (χ3v) is 4.16. The summed E-state index contributed by atoms with van der Waals surface area (Å²) in [5.41, 5.74) is 0. The van der Waals surface area contributed by atoms with Crippen molar-refractivity contribution in [1.82, 2.24) is 0 Å². The van der Waals surface area contributed by atoms with E-state index < -0.39 is 0 Å². The van der Waals surface area contributed by atoms with Crippen LogP contribution in [0.1, 0.15) is 51.9 Å². The van der Waals surface area contributed by atoms with Crippen LogP contribution in [0.3, 0.4) is 0 Å². The van der Waals surface area contributed by atoms with Crippen LogP contribution < -0.4 is 0 Å². The van der Waals surface area contributed by atoms with Crippen LogP contribution in [-0.2, 0) is 0 Å². The molecule has 0 aliphatic heterocycles. The van der Waals surface area contributed by atoms with Crippen molar-refractivity contribution in [3.8, 4) is 0 Å². The molecule has 0 saturated heterocycles. The summed E-state index contributed by atoms with van der Waals surface area (Å²) in [6.07, 6.45) is 9.95. The molecule has 14 heavy (non-hydrogen) atoms. The van der Waals surface area contributed by atoms with Crippen LogP contribution in [-0.4, -0.2) is 11.7 Å². The van der Waals surface area contributed by atoms with Crippen LogP contribution in [0.15, 0.2) is 0 Å². The highest BCUT2D eigenvalue weighted by molar-refractivity contribution is 4.94. The van der Waals surface area contributed by atoms with E-state index in [1.54, 1.807) is 0 Å². The number of hydrogen-bond acceptors (Lipinski definition) is 1. The molecule has 2 rings (SSSR count). The first-order chi connectivity index (χ1) is 6.85. The molecular formula is C13H24O. The molecular weight excluding hydrogens is 172 g/mol. The Morgan fingerprint density at radius 2 is 1.71 bits per heavy atom. The lowest BCUT2D eigenvalue weighted by atomic mass is 10.1. The summed E-state index contributed by atoms with van der Waals surface area (Å²) in [5, 5.41) is 8.95. The summed E-state index contributed by atoms with van der Waals surface area (Å²) in [4.78, 5) is 0. The predicted octanol–water partition coefficient (Wildman–Crippen LogP) is 3.22. The molecule has 2 fully saturated rings. The molecule has 2 aliphatic rings. The van der Waals surface area contributed by atoms with Gasteiger partial charge in [-0.3, -0.25) is 0 Å². The monoisotopic (exact) mass is 196 g/mol. The van der Waals surface area contributed by atoms with Gasteiger partial charge in [0.15, 0.2) is 0 Å². The summed E-state index contributed by atoms with van der Waals surface area (Å²) in [6.45, 7) is 2.72. The summed E-state index contributed by atoms with van der Waals surface area (Å²) < 4.78 is 0. The Labute approximate surface area is 87.9 Å². The summed E-state index contributed by atoms with van der Waals surface area (Å²) in [6, 6.07) is 0. The Morgan fingerprint density at radius 1 is 1.00 bits per heavy atom. The van der Waals surface area contributed by atoms with E-state index in [0.717, 1.165) is 17.8 Å². The quantitative estimate of drug-likeness (QED) is 0.620. The zero-order valence-corrected chi connectivity index (χ0v) is 9.41. The number of hydrogen-bond donors (Lipinski definition) is 1. The standard InChI is InChI=1S/C13H24O/c1-2-3-4-5-10-6-11(10)7-12-8-13(12)9-14/h10-14H,2-9H2,1H3. The molecule has 0 aromatic heterocycles. The molecule has 0 spiro atoms. The largest absolute Gasteiger partial charge is 0.396 e. The van der Waals surface area contributed by atoms with E-state index in [1.807, 2.05) is 0 Å². The fourth-order valence-electron chi connectivity index (χ4n) is 2.82. The molecule has 2 aliphatic carbocycles. The van der Waals surface area contributed by atoms with Crippen LogP contribution in [0, 0.1) is 23.7 Å². The van der Waals surface area contributed by atoms with E-state index in [1.165, 1.54) is 44.9 Å². The number of unbranched alkanes of at least 4 members (excludes halogenated alkanes) is 2. The number of aliphatic hydroxyl groups excluding tert-OH is 1. The average molecular weight is 196 g/mol. The lowest BCUT2D eigenvalue weighted by molar-refractivity contribution is 0.266. The van der Waals surface area contributed by atoms with Crippen molar-refractivity contribution in [2.75, 3.05) is 6.61 Å². The van der Waals surface area contributed by atoms with Crippen molar-refractivity contribution in [2.45, 2.75) is 51.9 Å². The van der Waals surface area contributed by atoms with Crippen molar-refractivity contribution < 1.29 is 5.11 Å². The number of rotatable bonds is 7. The van der Waals surface area contributed by atoms with Gasteiger partial charge in [0, 0.05) is 6.61 Å². The van der Waals surface area contributed by atoms with E-state index >= 15 is 0 Å². The molecule has 4 atom stereocenters. The third-order valence-electron chi connectivity index (χ3n) is 4.16.